The van der Waals surface area contributed by atoms with E-state index >= 15 is 0 Å². The lowest BCUT2D eigenvalue weighted by molar-refractivity contribution is 0.667. The smallest absolute Gasteiger partial charge is 0.0629 e. The Labute approximate surface area is 242 Å². The van der Waals surface area contributed by atoms with Gasteiger partial charge in [0.2, 0.25) is 0 Å². The van der Waals surface area contributed by atoms with E-state index in [0.717, 1.165) is 0 Å². The maximum atomic E-state index is 2.53. The fraction of sp³-hybridized carbons (Fsp3) is 0.0769. The van der Waals surface area contributed by atoms with Gasteiger partial charge in [0, 0.05) is 47.6 Å². The van der Waals surface area contributed by atoms with E-state index in [0.29, 0.717) is 0 Å². The minimum Gasteiger partial charge on any atom is -0.309 e. The fourth-order valence-electron chi connectivity index (χ4n) is 7.37. The molecular formula is C39H27NS. The summed E-state index contributed by atoms with van der Waals surface area (Å²) in [5.41, 5.74) is 11.8. The van der Waals surface area contributed by atoms with Gasteiger partial charge in [0.05, 0.1) is 11.0 Å². The Bertz CT molecular complexity index is 2310. The molecule has 2 aromatic heterocycles. The molecule has 0 unspecified atom stereocenters. The third-order valence-corrected chi connectivity index (χ3v) is 10.3. The summed E-state index contributed by atoms with van der Waals surface area (Å²) in [6.45, 7) is 4.82. The second-order valence-electron chi connectivity index (χ2n) is 11.7. The molecule has 1 aliphatic rings. The molecule has 0 amide bonds. The Kier molecular flexibility index (Phi) is 4.61. The molecule has 0 aliphatic heterocycles. The van der Waals surface area contributed by atoms with Crippen LogP contribution in [0.4, 0.5) is 0 Å². The third kappa shape index (κ3) is 3.00. The number of rotatable bonds is 2. The molecule has 2 heterocycles. The molecule has 0 atom stereocenters. The molecule has 0 saturated carbocycles. The monoisotopic (exact) mass is 541 g/mol. The average Bonchev–Trinajstić information content (AvgIpc) is 3.64. The largest absolute Gasteiger partial charge is 0.309 e. The summed E-state index contributed by atoms with van der Waals surface area (Å²) >= 11 is 1.96. The summed E-state index contributed by atoms with van der Waals surface area (Å²) in [6.07, 6.45) is 0. The van der Waals surface area contributed by atoms with Crippen molar-refractivity contribution in [1.29, 1.82) is 0 Å². The number of hydrogen-bond donors (Lipinski definition) is 0. The van der Waals surface area contributed by atoms with Crippen molar-refractivity contribution in [1.82, 2.24) is 4.57 Å². The van der Waals surface area contributed by atoms with Crippen LogP contribution in [0.3, 0.4) is 0 Å². The quantitative estimate of drug-likeness (QED) is 0.205. The average molecular weight is 542 g/mol. The van der Waals surface area contributed by atoms with Gasteiger partial charge in [-0.3, -0.25) is 0 Å². The van der Waals surface area contributed by atoms with Crippen LogP contribution in [0.2, 0.25) is 0 Å². The fourth-order valence-corrected chi connectivity index (χ4v) is 8.79. The number of para-hydroxylation sites is 1. The van der Waals surface area contributed by atoms with Crippen molar-refractivity contribution in [2.75, 3.05) is 0 Å². The maximum absolute atomic E-state index is 2.53. The molecule has 1 aliphatic carbocycles. The van der Waals surface area contributed by atoms with E-state index < -0.39 is 0 Å². The van der Waals surface area contributed by atoms with Crippen LogP contribution >= 0.6 is 11.3 Å². The second-order valence-corrected chi connectivity index (χ2v) is 12.8. The first-order chi connectivity index (χ1) is 20.1. The number of benzene rings is 6. The van der Waals surface area contributed by atoms with Gasteiger partial charge >= 0.3 is 0 Å². The van der Waals surface area contributed by atoms with Gasteiger partial charge < -0.3 is 4.57 Å². The van der Waals surface area contributed by atoms with Gasteiger partial charge in [-0.2, -0.15) is 0 Å². The number of aromatic nitrogens is 1. The van der Waals surface area contributed by atoms with Crippen molar-refractivity contribution < 1.29 is 0 Å². The molecule has 0 spiro atoms. The molecule has 0 N–H and O–H groups in total. The number of nitrogens with zero attached hydrogens (tertiary/aromatic N) is 1. The van der Waals surface area contributed by atoms with Crippen molar-refractivity contribution in [3.63, 3.8) is 0 Å². The highest BCUT2D eigenvalue weighted by Crippen LogP contribution is 2.58. The molecule has 6 aromatic carbocycles. The lowest BCUT2D eigenvalue weighted by Gasteiger charge is -2.22. The Morgan fingerprint density at radius 1 is 0.585 bits per heavy atom. The zero-order chi connectivity index (χ0) is 27.3. The van der Waals surface area contributed by atoms with E-state index in [2.05, 4.69) is 146 Å². The molecule has 194 valence electrons. The molecular weight excluding hydrogens is 515 g/mol. The molecule has 0 radical (unpaired) electrons. The minimum absolute atomic E-state index is 0.0995. The second kappa shape index (κ2) is 8.19. The van der Waals surface area contributed by atoms with E-state index in [9.17, 15) is 0 Å². The van der Waals surface area contributed by atoms with Crippen LogP contribution in [0.15, 0.2) is 127 Å². The van der Waals surface area contributed by atoms with E-state index in [1.54, 1.807) is 0 Å². The molecule has 0 bridgehead atoms. The Morgan fingerprint density at radius 2 is 1.24 bits per heavy atom. The van der Waals surface area contributed by atoms with Crippen LogP contribution in [0.25, 0.3) is 69.9 Å². The van der Waals surface area contributed by atoms with E-state index in [1.807, 2.05) is 11.3 Å². The highest BCUT2D eigenvalue weighted by Gasteiger charge is 2.40. The van der Waals surface area contributed by atoms with Crippen LogP contribution in [-0.4, -0.2) is 4.57 Å². The first-order valence-electron chi connectivity index (χ1n) is 14.3. The van der Waals surface area contributed by atoms with Crippen molar-refractivity contribution >= 4 is 53.3 Å². The highest BCUT2D eigenvalue weighted by atomic mass is 32.1. The first kappa shape index (κ1) is 23.1. The van der Waals surface area contributed by atoms with Crippen LogP contribution in [0.1, 0.15) is 25.0 Å². The van der Waals surface area contributed by atoms with Gasteiger partial charge in [-0.15, -0.1) is 11.3 Å². The summed E-state index contributed by atoms with van der Waals surface area (Å²) < 4.78 is 5.31. The molecule has 9 rings (SSSR count). The molecule has 1 nitrogen and oxygen atoms in total. The predicted molar refractivity (Wildman–Crippen MR) is 177 cm³/mol. The van der Waals surface area contributed by atoms with Gasteiger partial charge in [-0.1, -0.05) is 117 Å². The number of hydrogen-bond acceptors (Lipinski definition) is 1. The molecule has 0 fully saturated rings. The summed E-state index contributed by atoms with van der Waals surface area (Å²) in [7, 11) is 0. The summed E-state index contributed by atoms with van der Waals surface area (Å²) in [6, 6.07) is 46.8. The summed E-state index contributed by atoms with van der Waals surface area (Å²) in [5, 5.41) is 5.44. The van der Waals surface area contributed by atoms with Crippen LogP contribution in [0.5, 0.6) is 0 Å². The summed E-state index contributed by atoms with van der Waals surface area (Å²) in [5.74, 6) is 0. The number of fused-ring (bicyclic) bond motifs is 12. The van der Waals surface area contributed by atoms with E-state index in [1.165, 1.54) is 81.0 Å². The lowest BCUT2D eigenvalue weighted by atomic mass is 9.81. The van der Waals surface area contributed by atoms with Gasteiger partial charge in [-0.25, -0.2) is 0 Å². The topological polar surface area (TPSA) is 4.93 Å². The van der Waals surface area contributed by atoms with Crippen LogP contribution < -0.4 is 0 Å². The Hall–Kier alpha value is -4.66. The first-order valence-corrected chi connectivity index (χ1v) is 15.1. The zero-order valence-electron chi connectivity index (χ0n) is 23.0. The minimum atomic E-state index is -0.0995. The zero-order valence-corrected chi connectivity index (χ0v) is 23.8. The van der Waals surface area contributed by atoms with Gasteiger partial charge in [-0.05, 0) is 52.1 Å². The van der Waals surface area contributed by atoms with E-state index in [4.69, 9.17) is 0 Å². The highest BCUT2D eigenvalue weighted by molar-refractivity contribution is 7.26. The van der Waals surface area contributed by atoms with E-state index in [-0.39, 0.29) is 5.41 Å². The maximum Gasteiger partial charge on any atom is 0.0629 e. The predicted octanol–water partition coefficient (Wildman–Crippen LogP) is 11.1. The van der Waals surface area contributed by atoms with Crippen LogP contribution in [0, 0.1) is 0 Å². The van der Waals surface area contributed by atoms with Crippen molar-refractivity contribution in [3.05, 3.63) is 139 Å². The van der Waals surface area contributed by atoms with Crippen molar-refractivity contribution in [2.24, 2.45) is 0 Å². The molecule has 2 heteroatoms. The Morgan fingerprint density at radius 3 is 2.07 bits per heavy atom. The van der Waals surface area contributed by atoms with Gasteiger partial charge in [0.15, 0.2) is 0 Å². The van der Waals surface area contributed by atoms with Crippen molar-refractivity contribution in [3.8, 4) is 27.9 Å². The number of thiophene rings is 1. The lowest BCUT2D eigenvalue weighted by Crippen LogP contribution is -2.15. The Balaban J connectivity index is 1.50. The van der Waals surface area contributed by atoms with Crippen molar-refractivity contribution in [2.45, 2.75) is 19.3 Å². The van der Waals surface area contributed by atoms with Crippen LogP contribution in [-0.2, 0) is 5.41 Å². The molecule has 0 saturated heterocycles. The summed E-state index contributed by atoms with van der Waals surface area (Å²) in [4.78, 5) is 0. The normalized spacial score (nSPS) is 13.8. The SMILES string of the molecule is CC1(C)c2ccccc2-c2c1c1sc3ccccc3c1c1c3ccccc3n(-c3ccc(-c4ccccc4)cc3)c21. The van der Waals surface area contributed by atoms with Gasteiger partial charge in [0.25, 0.3) is 0 Å². The third-order valence-electron chi connectivity index (χ3n) is 9.16. The molecule has 8 aromatic rings. The molecule has 41 heavy (non-hydrogen) atoms. The standard InChI is InChI=1S/C39H27NS/c1-39(2)30-17-9-6-14-27(30)35-36(39)38-34(29-16-8-11-19-32(29)41-38)33-28-15-7-10-18-31(28)40(37(33)35)26-22-20-25(21-23-26)24-12-4-3-5-13-24/h3-23H,1-2H3. The van der Waals surface area contributed by atoms with Gasteiger partial charge in [0.1, 0.15) is 0 Å².